The van der Waals surface area contributed by atoms with E-state index in [-0.39, 0.29) is 12.5 Å². The lowest BCUT2D eigenvalue weighted by molar-refractivity contribution is -0.123. The number of thioether (sulfide) groups is 2. The van der Waals surface area contributed by atoms with Gasteiger partial charge in [-0.3, -0.25) is 4.79 Å². The van der Waals surface area contributed by atoms with E-state index < -0.39 is 0 Å². The van der Waals surface area contributed by atoms with Crippen LogP contribution in [0, 0.1) is 0 Å². The number of halogens is 1. The lowest BCUT2D eigenvalue weighted by Gasteiger charge is -2.10. The van der Waals surface area contributed by atoms with Crippen molar-refractivity contribution >= 4 is 51.6 Å². The highest BCUT2D eigenvalue weighted by atomic mass is 79.9. The average molecular weight is 437 g/mol. The Balaban J connectivity index is 1.44. The average Bonchev–Trinajstić information content (AvgIpc) is 3.15. The first-order chi connectivity index (χ1) is 12.2. The molecule has 25 heavy (non-hydrogen) atoms. The van der Waals surface area contributed by atoms with Gasteiger partial charge in [-0.15, -0.1) is 23.5 Å². The molecule has 1 saturated heterocycles. The van der Waals surface area contributed by atoms with Gasteiger partial charge in [-0.1, -0.05) is 40.2 Å². The van der Waals surface area contributed by atoms with Gasteiger partial charge in [-0.05, 0) is 35.4 Å². The van der Waals surface area contributed by atoms with Crippen LogP contribution in [-0.2, 0) is 4.79 Å². The van der Waals surface area contributed by atoms with Gasteiger partial charge in [0, 0.05) is 16.0 Å². The van der Waals surface area contributed by atoms with Crippen molar-refractivity contribution in [3.63, 3.8) is 0 Å². The van der Waals surface area contributed by atoms with Crippen LogP contribution in [0.2, 0.25) is 0 Å². The summed E-state index contributed by atoms with van der Waals surface area (Å²) in [6.45, 7) is -0.0674. The van der Waals surface area contributed by atoms with Crippen LogP contribution in [0.25, 0.3) is 0 Å². The number of nitrogens with one attached hydrogen (secondary N) is 1. The number of hydrazone groups is 1. The number of benzene rings is 2. The van der Waals surface area contributed by atoms with Gasteiger partial charge in [0.05, 0.1) is 10.8 Å². The van der Waals surface area contributed by atoms with E-state index in [1.807, 2.05) is 59.9 Å². The molecule has 1 N–H and O–H groups in total. The van der Waals surface area contributed by atoms with Crippen molar-refractivity contribution in [2.24, 2.45) is 5.10 Å². The maximum Gasteiger partial charge on any atom is 0.277 e. The van der Waals surface area contributed by atoms with Crippen LogP contribution in [0.15, 0.2) is 58.1 Å². The van der Waals surface area contributed by atoms with Gasteiger partial charge >= 0.3 is 0 Å². The Hall–Kier alpha value is -1.44. The largest absolute Gasteiger partial charge is 0.484 e. The lowest BCUT2D eigenvalue weighted by Crippen LogP contribution is -2.24. The van der Waals surface area contributed by atoms with Crippen molar-refractivity contribution in [2.75, 3.05) is 18.1 Å². The highest BCUT2D eigenvalue weighted by Crippen LogP contribution is 2.45. The predicted molar refractivity (Wildman–Crippen MR) is 109 cm³/mol. The molecule has 4 nitrogen and oxygen atoms in total. The van der Waals surface area contributed by atoms with E-state index >= 15 is 0 Å². The molecule has 0 atom stereocenters. The monoisotopic (exact) mass is 436 g/mol. The van der Waals surface area contributed by atoms with E-state index in [1.165, 1.54) is 17.1 Å². The normalized spacial score (nSPS) is 14.8. The van der Waals surface area contributed by atoms with Gasteiger partial charge in [-0.25, -0.2) is 5.43 Å². The Morgan fingerprint density at radius 3 is 2.72 bits per heavy atom. The van der Waals surface area contributed by atoms with E-state index in [9.17, 15) is 4.79 Å². The molecule has 1 fully saturated rings. The number of carbonyl (C=O) groups excluding carboxylic acids is 1. The van der Waals surface area contributed by atoms with E-state index in [2.05, 4.69) is 38.6 Å². The molecule has 3 rings (SSSR count). The van der Waals surface area contributed by atoms with E-state index in [0.29, 0.717) is 10.3 Å². The maximum absolute atomic E-state index is 11.8. The summed E-state index contributed by atoms with van der Waals surface area (Å²) in [5, 5.41) is 3.93. The van der Waals surface area contributed by atoms with E-state index in [1.54, 1.807) is 6.21 Å². The maximum atomic E-state index is 11.8. The van der Waals surface area contributed by atoms with Crippen LogP contribution < -0.4 is 10.2 Å². The SMILES string of the molecule is O=C(COc1ccc(C2SCCS2)cc1)N/N=C\c1cccc(Br)c1. The van der Waals surface area contributed by atoms with Crippen LogP contribution in [0.5, 0.6) is 5.75 Å². The van der Waals surface area contributed by atoms with Crippen LogP contribution in [0.3, 0.4) is 0 Å². The molecule has 0 aliphatic carbocycles. The zero-order chi connectivity index (χ0) is 17.5. The molecule has 1 heterocycles. The van der Waals surface area contributed by atoms with Crippen LogP contribution in [0.1, 0.15) is 15.7 Å². The number of carbonyl (C=O) groups is 1. The summed E-state index contributed by atoms with van der Waals surface area (Å²) in [4.78, 5) is 11.8. The fraction of sp³-hybridized carbons (Fsp3) is 0.222. The first-order valence-electron chi connectivity index (χ1n) is 7.74. The van der Waals surface area contributed by atoms with E-state index in [4.69, 9.17) is 4.74 Å². The zero-order valence-corrected chi connectivity index (χ0v) is 16.6. The topological polar surface area (TPSA) is 50.7 Å². The summed E-state index contributed by atoms with van der Waals surface area (Å²) in [5.41, 5.74) is 4.65. The standard InChI is InChI=1S/C18H17BrN2O2S2/c19-15-3-1-2-13(10-15)11-20-21-17(22)12-23-16-6-4-14(5-7-16)18-24-8-9-25-18/h1-7,10-11,18H,8-9,12H2,(H,21,22)/b20-11-. The van der Waals surface area contributed by atoms with Gasteiger partial charge in [-0.2, -0.15) is 5.10 Å². The first kappa shape index (κ1) is 18.4. The molecule has 0 saturated carbocycles. The van der Waals surface area contributed by atoms with Crippen molar-refractivity contribution < 1.29 is 9.53 Å². The lowest BCUT2D eigenvalue weighted by atomic mass is 10.2. The molecule has 1 aliphatic heterocycles. The third-order valence-corrected chi connectivity index (χ3v) is 6.99. The van der Waals surface area contributed by atoms with Gasteiger partial charge in [0.1, 0.15) is 5.75 Å². The van der Waals surface area contributed by atoms with Gasteiger partial charge in [0.25, 0.3) is 5.91 Å². The molecule has 0 unspecified atom stereocenters. The van der Waals surface area contributed by atoms with Crippen LogP contribution in [-0.4, -0.2) is 30.2 Å². The minimum atomic E-state index is -0.294. The second kappa shape index (κ2) is 9.31. The summed E-state index contributed by atoms with van der Waals surface area (Å²) in [6.07, 6.45) is 1.59. The van der Waals surface area contributed by atoms with Gasteiger partial charge < -0.3 is 4.74 Å². The molecule has 0 bridgehead atoms. The summed E-state index contributed by atoms with van der Waals surface area (Å²) in [7, 11) is 0. The molecule has 130 valence electrons. The minimum Gasteiger partial charge on any atom is -0.484 e. The van der Waals surface area contributed by atoms with Crippen LogP contribution >= 0.6 is 39.5 Å². The number of nitrogens with zero attached hydrogens (tertiary/aromatic N) is 1. The van der Waals surface area contributed by atoms with Crippen molar-refractivity contribution in [3.8, 4) is 5.75 Å². The van der Waals surface area contributed by atoms with Crippen molar-refractivity contribution in [1.29, 1.82) is 0 Å². The third-order valence-electron chi connectivity index (χ3n) is 3.40. The Morgan fingerprint density at radius 2 is 2.00 bits per heavy atom. The highest BCUT2D eigenvalue weighted by Gasteiger charge is 2.17. The molecule has 0 aromatic heterocycles. The van der Waals surface area contributed by atoms with Crippen molar-refractivity contribution in [3.05, 3.63) is 64.1 Å². The second-order valence-electron chi connectivity index (χ2n) is 5.28. The Morgan fingerprint density at radius 1 is 1.24 bits per heavy atom. The number of amides is 1. The zero-order valence-electron chi connectivity index (χ0n) is 13.4. The van der Waals surface area contributed by atoms with Crippen molar-refractivity contribution in [1.82, 2.24) is 5.43 Å². The third kappa shape index (κ3) is 5.80. The van der Waals surface area contributed by atoms with Gasteiger partial charge in [0.2, 0.25) is 0 Å². The second-order valence-corrected chi connectivity index (χ2v) is 8.92. The number of hydrogen-bond donors (Lipinski definition) is 1. The first-order valence-corrected chi connectivity index (χ1v) is 10.6. The smallest absolute Gasteiger partial charge is 0.277 e. The number of hydrogen-bond acceptors (Lipinski definition) is 5. The summed E-state index contributed by atoms with van der Waals surface area (Å²) >= 11 is 7.32. The van der Waals surface area contributed by atoms with Crippen molar-refractivity contribution in [2.45, 2.75) is 4.58 Å². The molecule has 2 aromatic carbocycles. The summed E-state index contributed by atoms with van der Waals surface area (Å²) in [6, 6.07) is 15.6. The molecule has 1 amide bonds. The fourth-order valence-corrected chi connectivity index (χ4v) is 5.50. The van der Waals surface area contributed by atoms with Crippen LogP contribution in [0.4, 0.5) is 0 Å². The molecular formula is C18H17BrN2O2S2. The Labute approximate surface area is 163 Å². The highest BCUT2D eigenvalue weighted by molar-refractivity contribution is 9.10. The molecule has 0 radical (unpaired) electrons. The fourth-order valence-electron chi connectivity index (χ4n) is 2.22. The molecule has 1 aliphatic rings. The summed E-state index contributed by atoms with van der Waals surface area (Å²) < 4.78 is 6.98. The molecular weight excluding hydrogens is 420 g/mol. The Kier molecular flexibility index (Phi) is 6.84. The van der Waals surface area contributed by atoms with Gasteiger partial charge in [0.15, 0.2) is 6.61 Å². The molecule has 2 aromatic rings. The quantitative estimate of drug-likeness (QED) is 0.536. The summed E-state index contributed by atoms with van der Waals surface area (Å²) in [5.74, 6) is 2.79. The Bertz CT molecular complexity index is 747. The number of rotatable bonds is 6. The molecule has 0 spiro atoms. The van der Waals surface area contributed by atoms with E-state index in [0.717, 1.165) is 10.0 Å². The minimum absolute atomic E-state index is 0.0674. The molecule has 7 heteroatoms. The number of ether oxygens (including phenoxy) is 1. The predicted octanol–water partition coefficient (Wildman–Crippen LogP) is 4.46.